The first kappa shape index (κ1) is 20.6. The Hall–Kier alpha value is -3.13. The Morgan fingerprint density at radius 3 is 2.59 bits per heavy atom. The van der Waals surface area contributed by atoms with Gasteiger partial charge in [0.2, 0.25) is 5.91 Å². The molecule has 1 heterocycles. The van der Waals surface area contributed by atoms with E-state index in [1.165, 1.54) is 24.3 Å². The molecule has 0 saturated heterocycles. The maximum atomic E-state index is 12.2. The van der Waals surface area contributed by atoms with Crippen LogP contribution in [0.5, 0.6) is 0 Å². The summed E-state index contributed by atoms with van der Waals surface area (Å²) in [6, 6.07) is 12.5. The van der Waals surface area contributed by atoms with Crippen molar-refractivity contribution in [2.45, 2.75) is 6.61 Å². The SMILES string of the molecule is O=C(/C=C/c1ccc(Cl)c([N+](=O)[O-])c1)Nc1cc(-c2ccc(CO)o2)ccc1Cl. The highest BCUT2D eigenvalue weighted by molar-refractivity contribution is 6.34. The highest BCUT2D eigenvalue weighted by Gasteiger charge is 2.12. The Labute approximate surface area is 175 Å². The van der Waals surface area contributed by atoms with E-state index in [1.807, 2.05) is 0 Å². The lowest BCUT2D eigenvalue weighted by Gasteiger charge is -2.07. The van der Waals surface area contributed by atoms with Crippen molar-refractivity contribution in [3.05, 3.63) is 86.1 Å². The number of nitrogens with zero attached hydrogens (tertiary/aromatic N) is 1. The van der Waals surface area contributed by atoms with Crippen molar-refractivity contribution >= 4 is 46.6 Å². The second kappa shape index (κ2) is 8.91. The minimum atomic E-state index is -0.595. The highest BCUT2D eigenvalue weighted by atomic mass is 35.5. The van der Waals surface area contributed by atoms with E-state index in [-0.39, 0.29) is 17.3 Å². The van der Waals surface area contributed by atoms with E-state index in [0.29, 0.717) is 33.4 Å². The van der Waals surface area contributed by atoms with E-state index in [1.54, 1.807) is 36.4 Å². The molecule has 0 aliphatic heterocycles. The Morgan fingerprint density at radius 1 is 1.14 bits per heavy atom. The molecular formula is C20H14Cl2N2O5. The summed E-state index contributed by atoms with van der Waals surface area (Å²) < 4.78 is 5.48. The molecule has 0 spiro atoms. The molecule has 3 rings (SSSR count). The Morgan fingerprint density at radius 2 is 1.90 bits per heavy atom. The molecule has 0 saturated carbocycles. The first-order valence-corrected chi connectivity index (χ1v) is 9.05. The summed E-state index contributed by atoms with van der Waals surface area (Å²) in [5, 5.41) is 23.0. The van der Waals surface area contributed by atoms with E-state index < -0.39 is 10.8 Å². The molecule has 0 atom stereocenters. The van der Waals surface area contributed by atoms with E-state index in [4.69, 9.17) is 32.7 Å². The average Bonchev–Trinajstić information content (AvgIpc) is 3.18. The van der Waals surface area contributed by atoms with Gasteiger partial charge in [-0.05, 0) is 48.0 Å². The third-order valence-electron chi connectivity index (χ3n) is 3.92. The number of benzene rings is 2. The maximum absolute atomic E-state index is 12.2. The van der Waals surface area contributed by atoms with Crippen LogP contribution in [0, 0.1) is 10.1 Å². The van der Waals surface area contributed by atoms with Gasteiger partial charge in [-0.1, -0.05) is 29.3 Å². The molecule has 2 aromatic carbocycles. The Balaban J connectivity index is 1.77. The summed E-state index contributed by atoms with van der Waals surface area (Å²) in [6.45, 7) is -0.217. The monoisotopic (exact) mass is 432 g/mol. The van der Waals surface area contributed by atoms with Gasteiger partial charge in [0.05, 0.1) is 15.6 Å². The fourth-order valence-electron chi connectivity index (χ4n) is 2.51. The number of hydrogen-bond acceptors (Lipinski definition) is 5. The maximum Gasteiger partial charge on any atom is 0.288 e. The molecule has 2 N–H and O–H groups in total. The number of hydrogen-bond donors (Lipinski definition) is 2. The zero-order chi connectivity index (χ0) is 21.0. The van der Waals surface area contributed by atoms with Crippen molar-refractivity contribution in [1.29, 1.82) is 0 Å². The summed E-state index contributed by atoms with van der Waals surface area (Å²) in [5.74, 6) is 0.461. The van der Waals surface area contributed by atoms with E-state index >= 15 is 0 Å². The normalized spacial score (nSPS) is 11.0. The summed E-state index contributed by atoms with van der Waals surface area (Å²) in [5.41, 5.74) is 1.23. The number of halogens is 2. The predicted octanol–water partition coefficient (Wildman–Crippen LogP) is 5.31. The largest absolute Gasteiger partial charge is 0.459 e. The van der Waals surface area contributed by atoms with E-state index in [9.17, 15) is 14.9 Å². The second-order valence-electron chi connectivity index (χ2n) is 5.91. The first-order valence-electron chi connectivity index (χ1n) is 8.30. The standard InChI is InChI=1S/C20H14Cl2N2O5/c21-15-6-3-13(19-7-4-14(11-25)29-19)10-17(15)23-20(26)8-2-12-1-5-16(22)18(9-12)24(27)28/h1-10,25H,11H2,(H,23,26)/b8-2+. The Kier molecular flexibility index (Phi) is 6.33. The number of aliphatic hydroxyl groups is 1. The van der Waals surface area contributed by atoms with Gasteiger partial charge in [0, 0.05) is 17.7 Å². The van der Waals surface area contributed by atoms with Crippen LogP contribution in [0.1, 0.15) is 11.3 Å². The van der Waals surface area contributed by atoms with Gasteiger partial charge < -0.3 is 14.8 Å². The molecule has 0 fully saturated rings. The molecule has 1 amide bonds. The van der Waals surface area contributed by atoms with Crippen LogP contribution < -0.4 is 5.32 Å². The minimum Gasteiger partial charge on any atom is -0.459 e. The number of nitrogens with one attached hydrogen (secondary N) is 1. The first-order chi connectivity index (χ1) is 13.9. The lowest BCUT2D eigenvalue weighted by atomic mass is 10.1. The van der Waals surface area contributed by atoms with Crippen LogP contribution in [-0.4, -0.2) is 15.9 Å². The van der Waals surface area contributed by atoms with Crippen LogP contribution in [0.3, 0.4) is 0 Å². The lowest BCUT2D eigenvalue weighted by molar-refractivity contribution is -0.384. The predicted molar refractivity (Wildman–Crippen MR) is 111 cm³/mol. The fraction of sp³-hybridized carbons (Fsp3) is 0.0500. The summed E-state index contributed by atoms with van der Waals surface area (Å²) in [6.07, 6.45) is 2.66. The molecular weight excluding hydrogens is 419 g/mol. The van der Waals surface area contributed by atoms with E-state index in [0.717, 1.165) is 0 Å². The van der Waals surface area contributed by atoms with Gasteiger partial charge in [0.1, 0.15) is 23.2 Å². The zero-order valence-corrected chi connectivity index (χ0v) is 16.3. The van der Waals surface area contributed by atoms with Gasteiger partial charge in [-0.2, -0.15) is 0 Å². The van der Waals surface area contributed by atoms with Crippen LogP contribution in [-0.2, 0) is 11.4 Å². The third-order valence-corrected chi connectivity index (χ3v) is 4.57. The molecule has 0 radical (unpaired) electrons. The van der Waals surface area contributed by atoms with Gasteiger partial charge in [-0.25, -0.2) is 0 Å². The van der Waals surface area contributed by atoms with Crippen molar-refractivity contribution in [3.8, 4) is 11.3 Å². The number of aliphatic hydroxyl groups excluding tert-OH is 1. The molecule has 1 aromatic heterocycles. The summed E-state index contributed by atoms with van der Waals surface area (Å²) in [4.78, 5) is 22.6. The minimum absolute atomic E-state index is 0.0162. The van der Waals surface area contributed by atoms with Gasteiger partial charge in [-0.3, -0.25) is 14.9 Å². The van der Waals surface area contributed by atoms with E-state index in [2.05, 4.69) is 5.32 Å². The molecule has 3 aromatic rings. The number of rotatable bonds is 6. The van der Waals surface area contributed by atoms with Crippen LogP contribution in [0.15, 0.2) is 59.0 Å². The quantitative estimate of drug-likeness (QED) is 0.312. The number of carbonyl (C=O) groups excluding carboxylic acids is 1. The van der Waals surface area contributed by atoms with Crippen LogP contribution in [0.25, 0.3) is 17.4 Å². The average molecular weight is 433 g/mol. The van der Waals surface area contributed by atoms with Crippen molar-refractivity contribution in [1.82, 2.24) is 0 Å². The molecule has 0 aliphatic rings. The molecule has 7 nitrogen and oxygen atoms in total. The third kappa shape index (κ3) is 5.03. The summed E-state index contributed by atoms with van der Waals surface area (Å²) >= 11 is 11.9. The van der Waals surface area contributed by atoms with Gasteiger partial charge in [-0.15, -0.1) is 0 Å². The number of amides is 1. The zero-order valence-electron chi connectivity index (χ0n) is 14.8. The Bertz CT molecular complexity index is 1110. The summed E-state index contributed by atoms with van der Waals surface area (Å²) in [7, 11) is 0. The van der Waals surface area contributed by atoms with Gasteiger partial charge in [0.25, 0.3) is 5.69 Å². The molecule has 0 aliphatic carbocycles. The molecule has 0 unspecified atom stereocenters. The smallest absolute Gasteiger partial charge is 0.288 e. The molecule has 29 heavy (non-hydrogen) atoms. The number of furan rings is 1. The van der Waals surface area contributed by atoms with Crippen molar-refractivity contribution < 1.29 is 19.2 Å². The topological polar surface area (TPSA) is 106 Å². The molecule has 0 bridgehead atoms. The van der Waals surface area contributed by atoms with Crippen molar-refractivity contribution in [2.24, 2.45) is 0 Å². The van der Waals surface area contributed by atoms with Crippen LogP contribution in [0.2, 0.25) is 10.0 Å². The van der Waals surface area contributed by atoms with Gasteiger partial charge >= 0.3 is 0 Å². The van der Waals surface area contributed by atoms with Crippen LogP contribution in [0.4, 0.5) is 11.4 Å². The molecule has 9 heteroatoms. The molecule has 148 valence electrons. The van der Waals surface area contributed by atoms with Crippen molar-refractivity contribution in [3.63, 3.8) is 0 Å². The lowest BCUT2D eigenvalue weighted by Crippen LogP contribution is -2.08. The number of anilines is 1. The van der Waals surface area contributed by atoms with Gasteiger partial charge in [0.15, 0.2) is 0 Å². The highest BCUT2D eigenvalue weighted by Crippen LogP contribution is 2.30. The fourth-order valence-corrected chi connectivity index (χ4v) is 2.86. The number of nitro groups is 1. The van der Waals surface area contributed by atoms with Crippen LogP contribution >= 0.6 is 23.2 Å². The number of carbonyl (C=O) groups is 1. The van der Waals surface area contributed by atoms with Crippen molar-refractivity contribution in [2.75, 3.05) is 5.32 Å². The number of nitro benzene ring substituents is 1. The second-order valence-corrected chi connectivity index (χ2v) is 6.72.